The van der Waals surface area contributed by atoms with Crippen molar-refractivity contribution in [3.8, 4) is 0 Å². The van der Waals surface area contributed by atoms with E-state index in [2.05, 4.69) is 0 Å². The zero-order chi connectivity index (χ0) is 8.43. The van der Waals surface area contributed by atoms with Crippen molar-refractivity contribution < 1.29 is 20.4 Å². The Balaban J connectivity index is 2.53. The second kappa shape index (κ2) is 3.49. The molecule has 4 atom stereocenters. The van der Waals surface area contributed by atoms with Gasteiger partial charge in [0, 0.05) is 6.42 Å². The second-order valence-corrected chi connectivity index (χ2v) is 3.09. The Hall–Kier alpha value is -0.160. The van der Waals surface area contributed by atoms with Crippen molar-refractivity contribution in [3.63, 3.8) is 0 Å². The SMILES string of the molecule is OC1CCC(O)C(O)C(O)C1. The molecule has 0 aromatic rings. The summed E-state index contributed by atoms with van der Waals surface area (Å²) in [4.78, 5) is 0. The summed E-state index contributed by atoms with van der Waals surface area (Å²) in [6.07, 6.45) is -2.67. The third-order valence-corrected chi connectivity index (χ3v) is 2.10. The summed E-state index contributed by atoms with van der Waals surface area (Å²) < 4.78 is 0. The zero-order valence-electron chi connectivity index (χ0n) is 6.22. The molecular formula is C7H14O4. The number of aliphatic hydroxyl groups excluding tert-OH is 4. The molecule has 0 aromatic heterocycles. The highest BCUT2D eigenvalue weighted by atomic mass is 16.4. The fourth-order valence-electron chi connectivity index (χ4n) is 1.33. The molecule has 0 spiro atoms. The topological polar surface area (TPSA) is 80.9 Å². The van der Waals surface area contributed by atoms with Crippen molar-refractivity contribution in [2.24, 2.45) is 0 Å². The van der Waals surface area contributed by atoms with Crippen LogP contribution in [0.5, 0.6) is 0 Å². The van der Waals surface area contributed by atoms with Crippen molar-refractivity contribution in [2.45, 2.75) is 43.7 Å². The fraction of sp³-hybridized carbons (Fsp3) is 1.00. The number of hydrogen-bond donors (Lipinski definition) is 4. The minimum atomic E-state index is -1.10. The van der Waals surface area contributed by atoms with Gasteiger partial charge in [0.1, 0.15) is 6.10 Å². The maximum Gasteiger partial charge on any atom is 0.106 e. The maximum atomic E-state index is 9.13. The normalized spacial score (nSPS) is 46.9. The van der Waals surface area contributed by atoms with Gasteiger partial charge in [-0.3, -0.25) is 0 Å². The summed E-state index contributed by atoms with van der Waals surface area (Å²) in [5.74, 6) is 0. The summed E-state index contributed by atoms with van der Waals surface area (Å²) in [6, 6.07) is 0. The lowest BCUT2D eigenvalue weighted by Gasteiger charge is -2.18. The lowest BCUT2D eigenvalue weighted by Crippen LogP contribution is -2.35. The average molecular weight is 162 g/mol. The Labute approximate surface area is 65.1 Å². The van der Waals surface area contributed by atoms with Crippen LogP contribution < -0.4 is 0 Å². The molecule has 4 nitrogen and oxygen atoms in total. The molecule has 0 aromatic carbocycles. The van der Waals surface area contributed by atoms with Crippen LogP contribution in [-0.2, 0) is 0 Å². The molecule has 0 amide bonds. The largest absolute Gasteiger partial charge is 0.393 e. The van der Waals surface area contributed by atoms with Gasteiger partial charge < -0.3 is 20.4 Å². The highest BCUT2D eigenvalue weighted by Crippen LogP contribution is 2.18. The lowest BCUT2D eigenvalue weighted by molar-refractivity contribution is -0.0591. The molecule has 0 radical (unpaired) electrons. The summed E-state index contributed by atoms with van der Waals surface area (Å²) in [5.41, 5.74) is 0. The number of rotatable bonds is 0. The molecule has 11 heavy (non-hydrogen) atoms. The smallest absolute Gasteiger partial charge is 0.106 e. The van der Waals surface area contributed by atoms with Crippen LogP contribution in [0.1, 0.15) is 19.3 Å². The number of aliphatic hydroxyl groups is 4. The zero-order valence-corrected chi connectivity index (χ0v) is 6.22. The third kappa shape index (κ3) is 2.13. The van der Waals surface area contributed by atoms with E-state index >= 15 is 0 Å². The van der Waals surface area contributed by atoms with Crippen LogP contribution in [0.15, 0.2) is 0 Å². The predicted octanol–water partition coefficient (Wildman–Crippen LogP) is -1.39. The predicted molar refractivity (Wildman–Crippen MR) is 37.9 cm³/mol. The molecule has 4 unspecified atom stereocenters. The highest BCUT2D eigenvalue weighted by Gasteiger charge is 2.30. The summed E-state index contributed by atoms with van der Waals surface area (Å²) in [7, 11) is 0. The molecule has 1 rings (SSSR count). The molecular weight excluding hydrogens is 148 g/mol. The van der Waals surface area contributed by atoms with E-state index in [1.54, 1.807) is 0 Å². The van der Waals surface area contributed by atoms with Crippen LogP contribution in [-0.4, -0.2) is 44.8 Å². The first-order valence-corrected chi connectivity index (χ1v) is 3.83. The van der Waals surface area contributed by atoms with Gasteiger partial charge in [0.15, 0.2) is 0 Å². The van der Waals surface area contributed by atoms with Crippen LogP contribution in [0.2, 0.25) is 0 Å². The van der Waals surface area contributed by atoms with Gasteiger partial charge in [-0.2, -0.15) is 0 Å². The molecule has 1 aliphatic carbocycles. The minimum Gasteiger partial charge on any atom is -0.393 e. The first-order valence-electron chi connectivity index (χ1n) is 3.83. The van der Waals surface area contributed by atoms with E-state index in [1.807, 2.05) is 0 Å². The van der Waals surface area contributed by atoms with E-state index in [4.69, 9.17) is 20.4 Å². The van der Waals surface area contributed by atoms with Gasteiger partial charge in [-0.05, 0) is 12.8 Å². The van der Waals surface area contributed by atoms with Crippen LogP contribution in [0.4, 0.5) is 0 Å². The van der Waals surface area contributed by atoms with Gasteiger partial charge in [0.05, 0.1) is 18.3 Å². The third-order valence-electron chi connectivity index (χ3n) is 2.10. The van der Waals surface area contributed by atoms with Crippen molar-refractivity contribution >= 4 is 0 Å². The Kier molecular flexibility index (Phi) is 2.84. The molecule has 1 aliphatic rings. The first kappa shape index (κ1) is 8.93. The Morgan fingerprint density at radius 1 is 0.818 bits per heavy atom. The summed E-state index contributed by atoms with van der Waals surface area (Å²) >= 11 is 0. The summed E-state index contributed by atoms with van der Waals surface area (Å²) in [5, 5.41) is 36.5. The molecule has 1 saturated carbocycles. The van der Waals surface area contributed by atoms with Crippen LogP contribution in [0.3, 0.4) is 0 Å². The minimum absolute atomic E-state index is 0.151. The van der Waals surface area contributed by atoms with E-state index < -0.39 is 24.4 Å². The quantitative estimate of drug-likeness (QED) is 0.331. The first-order chi connectivity index (χ1) is 5.11. The van der Waals surface area contributed by atoms with Gasteiger partial charge in [-0.15, -0.1) is 0 Å². The Morgan fingerprint density at radius 2 is 1.45 bits per heavy atom. The van der Waals surface area contributed by atoms with Gasteiger partial charge >= 0.3 is 0 Å². The Morgan fingerprint density at radius 3 is 2.09 bits per heavy atom. The van der Waals surface area contributed by atoms with Gasteiger partial charge in [-0.25, -0.2) is 0 Å². The van der Waals surface area contributed by atoms with Gasteiger partial charge in [-0.1, -0.05) is 0 Å². The molecule has 1 fully saturated rings. The van der Waals surface area contributed by atoms with E-state index in [0.717, 1.165) is 0 Å². The van der Waals surface area contributed by atoms with E-state index in [9.17, 15) is 0 Å². The average Bonchev–Trinajstić information content (AvgIpc) is 2.05. The van der Waals surface area contributed by atoms with Crippen molar-refractivity contribution in [1.82, 2.24) is 0 Å². The van der Waals surface area contributed by atoms with Crippen molar-refractivity contribution in [3.05, 3.63) is 0 Å². The van der Waals surface area contributed by atoms with Crippen molar-refractivity contribution in [2.75, 3.05) is 0 Å². The van der Waals surface area contributed by atoms with E-state index in [0.29, 0.717) is 12.8 Å². The summed E-state index contributed by atoms with van der Waals surface area (Å²) in [6.45, 7) is 0. The molecule has 0 bridgehead atoms. The Bertz CT molecular complexity index is 128. The van der Waals surface area contributed by atoms with E-state index in [-0.39, 0.29) is 6.42 Å². The monoisotopic (exact) mass is 162 g/mol. The molecule has 4 N–H and O–H groups in total. The fourth-order valence-corrected chi connectivity index (χ4v) is 1.33. The van der Waals surface area contributed by atoms with Crippen molar-refractivity contribution in [1.29, 1.82) is 0 Å². The second-order valence-electron chi connectivity index (χ2n) is 3.09. The molecule has 66 valence electrons. The molecule has 0 heterocycles. The van der Waals surface area contributed by atoms with Crippen LogP contribution >= 0.6 is 0 Å². The lowest BCUT2D eigenvalue weighted by atomic mass is 10.1. The van der Waals surface area contributed by atoms with Crippen LogP contribution in [0, 0.1) is 0 Å². The van der Waals surface area contributed by atoms with Crippen LogP contribution in [0.25, 0.3) is 0 Å². The molecule has 4 heteroatoms. The number of hydrogen-bond acceptors (Lipinski definition) is 4. The van der Waals surface area contributed by atoms with Gasteiger partial charge in [0.2, 0.25) is 0 Å². The maximum absolute atomic E-state index is 9.13. The molecule has 0 saturated heterocycles. The standard InChI is InChI=1S/C7H14O4/c8-4-1-2-5(9)7(11)6(10)3-4/h4-11H,1-3H2. The van der Waals surface area contributed by atoms with Gasteiger partial charge in [0.25, 0.3) is 0 Å². The highest BCUT2D eigenvalue weighted by molar-refractivity contribution is 4.82. The van der Waals surface area contributed by atoms with E-state index in [1.165, 1.54) is 0 Å². The molecule has 0 aliphatic heterocycles.